The van der Waals surface area contributed by atoms with E-state index in [1.807, 2.05) is 0 Å². The van der Waals surface area contributed by atoms with Crippen molar-refractivity contribution in [2.24, 2.45) is 0 Å². The first-order valence-corrected chi connectivity index (χ1v) is 4.33. The van der Waals surface area contributed by atoms with Crippen LogP contribution in [0.25, 0.3) is 0 Å². The Hall–Kier alpha value is -1.78. The summed E-state index contributed by atoms with van der Waals surface area (Å²) < 4.78 is 13.8. The fraction of sp³-hybridized carbons (Fsp3) is 0.400. The Morgan fingerprint density at radius 3 is 2.27 bits per heavy atom. The first kappa shape index (κ1) is 13.2. The highest BCUT2D eigenvalue weighted by Gasteiger charge is 2.19. The second-order valence-corrected chi connectivity index (χ2v) is 2.53. The fourth-order valence-corrected chi connectivity index (χ4v) is 0.612. The number of hydrogen-bond acceptors (Lipinski definition) is 5. The molecule has 5 nitrogen and oxygen atoms in total. The molecule has 0 unspecified atom stereocenters. The van der Waals surface area contributed by atoms with Gasteiger partial charge in [0.1, 0.15) is 13.2 Å². The Kier molecular flexibility index (Phi) is 6.70. The lowest BCUT2D eigenvalue weighted by molar-refractivity contribution is -0.152. The third kappa shape index (κ3) is 6.31. The Morgan fingerprint density at radius 2 is 1.73 bits per heavy atom. The molecule has 0 fully saturated rings. The minimum atomic E-state index is -0.998. The van der Waals surface area contributed by atoms with Gasteiger partial charge in [0, 0.05) is 0 Å². The summed E-state index contributed by atoms with van der Waals surface area (Å²) in [4.78, 5) is 22.0. The van der Waals surface area contributed by atoms with Crippen molar-refractivity contribution in [3.63, 3.8) is 0 Å². The lowest BCUT2D eigenvalue weighted by atomic mass is 10.4. The average molecular weight is 214 g/mol. The van der Waals surface area contributed by atoms with Gasteiger partial charge in [0.25, 0.3) is 0 Å². The second-order valence-electron chi connectivity index (χ2n) is 2.53. The molecule has 15 heavy (non-hydrogen) atoms. The molecular formula is C10H14O5. The van der Waals surface area contributed by atoms with Gasteiger partial charge < -0.3 is 14.2 Å². The lowest BCUT2D eigenvalue weighted by Gasteiger charge is -2.11. The minimum absolute atomic E-state index is 0.0350. The molecule has 5 heteroatoms. The Balaban J connectivity index is 3.84. The van der Waals surface area contributed by atoms with Gasteiger partial charge in [-0.2, -0.15) is 0 Å². The maximum atomic E-state index is 11.1. The number of carbonyl (C=O) groups is 2. The molecule has 0 aliphatic rings. The number of esters is 1. The molecule has 0 rings (SSSR count). The van der Waals surface area contributed by atoms with Crippen LogP contribution in [0.1, 0.15) is 6.92 Å². The van der Waals surface area contributed by atoms with E-state index in [0.717, 1.165) is 0 Å². The van der Waals surface area contributed by atoms with E-state index in [1.165, 1.54) is 19.1 Å². The summed E-state index contributed by atoms with van der Waals surface area (Å²) in [6.45, 7) is 8.23. The molecule has 1 atom stereocenters. The highest BCUT2D eigenvalue weighted by molar-refractivity contribution is 5.77. The van der Waals surface area contributed by atoms with Gasteiger partial charge in [0.2, 0.25) is 0 Å². The van der Waals surface area contributed by atoms with Crippen molar-refractivity contribution in [3.8, 4) is 0 Å². The third-order valence-corrected chi connectivity index (χ3v) is 1.27. The van der Waals surface area contributed by atoms with Crippen molar-refractivity contribution in [3.05, 3.63) is 25.3 Å². The summed E-state index contributed by atoms with van der Waals surface area (Å²) in [5.41, 5.74) is 0. The molecule has 0 aromatic heterocycles. The van der Waals surface area contributed by atoms with Crippen molar-refractivity contribution in [1.82, 2.24) is 0 Å². The van der Waals surface area contributed by atoms with Crippen molar-refractivity contribution >= 4 is 12.1 Å². The largest absolute Gasteiger partial charge is 0.509 e. The Morgan fingerprint density at radius 1 is 1.20 bits per heavy atom. The van der Waals surface area contributed by atoms with Crippen LogP contribution in [0.5, 0.6) is 0 Å². The zero-order valence-electron chi connectivity index (χ0n) is 8.60. The predicted molar refractivity (Wildman–Crippen MR) is 53.2 cm³/mol. The average Bonchev–Trinajstić information content (AvgIpc) is 2.22. The smallest absolute Gasteiger partial charge is 0.459 e. The van der Waals surface area contributed by atoms with E-state index in [2.05, 4.69) is 27.4 Å². The molecule has 84 valence electrons. The number of carbonyl (C=O) groups excluding carboxylic acids is 2. The molecule has 0 aromatic carbocycles. The number of hydrogen-bond donors (Lipinski definition) is 0. The zero-order chi connectivity index (χ0) is 11.7. The van der Waals surface area contributed by atoms with E-state index in [1.54, 1.807) is 0 Å². The Labute approximate surface area is 88.3 Å². The molecule has 0 saturated carbocycles. The molecule has 0 heterocycles. The molecule has 0 aliphatic carbocycles. The van der Waals surface area contributed by atoms with Gasteiger partial charge in [-0.15, -0.1) is 0 Å². The van der Waals surface area contributed by atoms with Gasteiger partial charge >= 0.3 is 12.1 Å². The third-order valence-electron chi connectivity index (χ3n) is 1.27. The van der Waals surface area contributed by atoms with Crippen LogP contribution >= 0.6 is 0 Å². The van der Waals surface area contributed by atoms with E-state index < -0.39 is 18.2 Å². The van der Waals surface area contributed by atoms with Crippen LogP contribution in [-0.2, 0) is 19.0 Å². The predicted octanol–water partition coefficient (Wildman–Crippen LogP) is 1.44. The lowest BCUT2D eigenvalue weighted by Crippen LogP contribution is -2.26. The number of rotatable bonds is 6. The van der Waals surface area contributed by atoms with Crippen LogP contribution in [0.2, 0.25) is 0 Å². The molecule has 0 amide bonds. The fourth-order valence-electron chi connectivity index (χ4n) is 0.612. The van der Waals surface area contributed by atoms with E-state index in [9.17, 15) is 9.59 Å². The summed E-state index contributed by atoms with van der Waals surface area (Å²) in [5.74, 6) is -0.648. The molecule has 0 aliphatic heterocycles. The van der Waals surface area contributed by atoms with Crippen LogP contribution in [0.4, 0.5) is 4.79 Å². The van der Waals surface area contributed by atoms with Crippen LogP contribution in [0.15, 0.2) is 25.3 Å². The van der Waals surface area contributed by atoms with Crippen molar-refractivity contribution in [1.29, 1.82) is 0 Å². The van der Waals surface area contributed by atoms with Crippen molar-refractivity contribution in [2.45, 2.75) is 13.0 Å². The molecule has 0 N–H and O–H groups in total. The molecule has 0 spiro atoms. The van der Waals surface area contributed by atoms with E-state index >= 15 is 0 Å². The van der Waals surface area contributed by atoms with Crippen LogP contribution in [-0.4, -0.2) is 31.4 Å². The van der Waals surface area contributed by atoms with E-state index in [0.29, 0.717) is 0 Å². The number of ether oxygens (including phenoxy) is 3. The standard InChI is InChI=1S/C10H14O5/c1-4-6-13-9(11)8(3)15-10(12)14-7-5-2/h4-5,8H,1-2,6-7H2,3H3/t8-/m0/s1. The Bertz CT molecular complexity index is 246. The summed E-state index contributed by atoms with van der Waals surface area (Å²) in [6.07, 6.45) is 0.878. The van der Waals surface area contributed by atoms with Gasteiger partial charge in [-0.1, -0.05) is 25.3 Å². The quantitative estimate of drug-likeness (QED) is 0.494. The maximum absolute atomic E-state index is 11.1. The van der Waals surface area contributed by atoms with Crippen LogP contribution in [0, 0.1) is 0 Å². The van der Waals surface area contributed by atoms with Gasteiger partial charge in [0.05, 0.1) is 0 Å². The zero-order valence-corrected chi connectivity index (χ0v) is 8.60. The van der Waals surface area contributed by atoms with Crippen LogP contribution < -0.4 is 0 Å². The van der Waals surface area contributed by atoms with Gasteiger partial charge in [-0.25, -0.2) is 9.59 Å². The highest BCUT2D eigenvalue weighted by Crippen LogP contribution is 1.97. The molecule has 0 aromatic rings. The minimum Gasteiger partial charge on any atom is -0.459 e. The van der Waals surface area contributed by atoms with Crippen molar-refractivity contribution in [2.75, 3.05) is 13.2 Å². The first-order chi connectivity index (χ1) is 7.11. The topological polar surface area (TPSA) is 61.8 Å². The van der Waals surface area contributed by atoms with Gasteiger partial charge in [0.15, 0.2) is 6.10 Å². The summed E-state index contributed by atoms with van der Waals surface area (Å²) in [7, 11) is 0. The monoisotopic (exact) mass is 214 g/mol. The molecule has 0 radical (unpaired) electrons. The molecular weight excluding hydrogens is 200 g/mol. The normalized spacial score (nSPS) is 11.0. The van der Waals surface area contributed by atoms with Gasteiger partial charge in [-0.05, 0) is 6.92 Å². The maximum Gasteiger partial charge on any atom is 0.509 e. The summed E-state index contributed by atoms with van der Waals surface area (Å²) >= 11 is 0. The van der Waals surface area contributed by atoms with E-state index in [-0.39, 0.29) is 13.2 Å². The SMILES string of the molecule is C=CCOC(=O)O[C@@H](C)C(=O)OCC=C. The second kappa shape index (κ2) is 7.61. The highest BCUT2D eigenvalue weighted by atomic mass is 16.7. The van der Waals surface area contributed by atoms with Crippen molar-refractivity contribution < 1.29 is 23.8 Å². The summed E-state index contributed by atoms with van der Waals surface area (Å²) in [5, 5.41) is 0. The summed E-state index contributed by atoms with van der Waals surface area (Å²) in [6, 6.07) is 0. The first-order valence-electron chi connectivity index (χ1n) is 4.33. The molecule has 0 bridgehead atoms. The molecule has 0 saturated heterocycles. The van der Waals surface area contributed by atoms with Gasteiger partial charge in [-0.3, -0.25) is 0 Å². The van der Waals surface area contributed by atoms with Crippen LogP contribution in [0.3, 0.4) is 0 Å². The van der Waals surface area contributed by atoms with E-state index in [4.69, 9.17) is 0 Å².